The number of unbranched alkanes of at least 4 members (excludes halogenated alkanes) is 4. The Balaban J connectivity index is 2.21. The van der Waals surface area contributed by atoms with E-state index in [1.165, 1.54) is 31.2 Å². The van der Waals surface area contributed by atoms with Crippen LogP contribution in [-0.4, -0.2) is 19.1 Å². The van der Waals surface area contributed by atoms with Crippen LogP contribution in [0.4, 0.5) is 0 Å². The average molecular weight is 356 g/mol. The molecule has 0 aliphatic rings. The number of ether oxygens (including phenoxy) is 1. The molecule has 0 radical (unpaired) electrons. The second kappa shape index (κ2) is 10.7. The molecule has 1 aromatic rings. The first-order valence-electron chi connectivity index (χ1n) is 7.85. The number of aryl methyl sites for hydroxylation is 1. The molecule has 0 atom stereocenters. The van der Waals surface area contributed by atoms with Gasteiger partial charge in [0.15, 0.2) is 6.61 Å². The van der Waals surface area contributed by atoms with Gasteiger partial charge in [0.25, 0.3) is 5.91 Å². The summed E-state index contributed by atoms with van der Waals surface area (Å²) >= 11 is 3.47. The van der Waals surface area contributed by atoms with E-state index in [0.29, 0.717) is 5.75 Å². The molecule has 1 amide bonds. The van der Waals surface area contributed by atoms with E-state index in [-0.39, 0.29) is 12.5 Å². The zero-order valence-electron chi connectivity index (χ0n) is 13.1. The molecule has 0 aliphatic heterocycles. The maximum atomic E-state index is 11.7. The highest BCUT2D eigenvalue weighted by atomic mass is 79.9. The van der Waals surface area contributed by atoms with Gasteiger partial charge in [0, 0.05) is 6.54 Å². The standard InChI is InChI=1S/C17H26BrNO2/c1-3-5-6-7-8-11-19-17(20)13-21-16-10-9-14(4-2)12-15(16)18/h9-10,12H,3-8,11,13H2,1-2H3,(H,19,20). The van der Waals surface area contributed by atoms with Crippen molar-refractivity contribution in [2.24, 2.45) is 0 Å². The lowest BCUT2D eigenvalue weighted by Crippen LogP contribution is -2.29. The van der Waals surface area contributed by atoms with Crippen molar-refractivity contribution >= 4 is 21.8 Å². The van der Waals surface area contributed by atoms with Gasteiger partial charge in [0.2, 0.25) is 0 Å². The van der Waals surface area contributed by atoms with Crippen molar-refractivity contribution in [3.63, 3.8) is 0 Å². The largest absolute Gasteiger partial charge is 0.483 e. The molecule has 1 aromatic carbocycles. The van der Waals surface area contributed by atoms with E-state index in [2.05, 4.69) is 35.1 Å². The molecule has 1 N–H and O–H groups in total. The van der Waals surface area contributed by atoms with E-state index >= 15 is 0 Å². The van der Waals surface area contributed by atoms with Gasteiger partial charge in [-0.3, -0.25) is 4.79 Å². The van der Waals surface area contributed by atoms with Crippen LogP contribution < -0.4 is 10.1 Å². The van der Waals surface area contributed by atoms with Crippen LogP contribution in [0, 0.1) is 0 Å². The van der Waals surface area contributed by atoms with Gasteiger partial charge in [-0.2, -0.15) is 0 Å². The van der Waals surface area contributed by atoms with E-state index in [4.69, 9.17) is 4.74 Å². The van der Waals surface area contributed by atoms with Crippen molar-refractivity contribution in [1.82, 2.24) is 5.32 Å². The van der Waals surface area contributed by atoms with Crippen molar-refractivity contribution in [2.45, 2.75) is 52.4 Å². The molecule has 118 valence electrons. The Morgan fingerprint density at radius 2 is 1.95 bits per heavy atom. The van der Waals surface area contributed by atoms with Gasteiger partial charge >= 0.3 is 0 Å². The summed E-state index contributed by atoms with van der Waals surface area (Å²) in [6, 6.07) is 5.95. The van der Waals surface area contributed by atoms with Crippen LogP contribution in [0.25, 0.3) is 0 Å². The van der Waals surface area contributed by atoms with Gasteiger partial charge in [-0.1, -0.05) is 45.6 Å². The van der Waals surface area contributed by atoms with Gasteiger partial charge in [-0.05, 0) is 46.5 Å². The fourth-order valence-electron chi connectivity index (χ4n) is 2.03. The third-order valence-corrected chi connectivity index (χ3v) is 3.99. The lowest BCUT2D eigenvalue weighted by Gasteiger charge is -2.10. The zero-order valence-corrected chi connectivity index (χ0v) is 14.7. The molecule has 4 heteroatoms. The lowest BCUT2D eigenvalue weighted by atomic mass is 10.1. The SMILES string of the molecule is CCCCCCCNC(=O)COc1ccc(CC)cc1Br. The molecule has 0 fully saturated rings. The molecule has 3 nitrogen and oxygen atoms in total. The molecule has 1 rings (SSSR count). The molecule has 0 bridgehead atoms. The molecule has 0 spiro atoms. The monoisotopic (exact) mass is 355 g/mol. The zero-order chi connectivity index (χ0) is 15.5. The van der Waals surface area contributed by atoms with Crippen LogP contribution in [0.15, 0.2) is 22.7 Å². The molecular formula is C17H26BrNO2. The van der Waals surface area contributed by atoms with Gasteiger partial charge in [0.1, 0.15) is 5.75 Å². The number of carbonyl (C=O) groups is 1. The molecule has 0 aromatic heterocycles. The lowest BCUT2D eigenvalue weighted by molar-refractivity contribution is -0.123. The third kappa shape index (κ3) is 7.51. The highest BCUT2D eigenvalue weighted by Crippen LogP contribution is 2.26. The number of amides is 1. The molecule has 0 aliphatic carbocycles. The predicted molar refractivity (Wildman–Crippen MR) is 90.8 cm³/mol. The predicted octanol–water partition coefficient (Wildman–Crippen LogP) is 4.48. The molecular weight excluding hydrogens is 330 g/mol. The summed E-state index contributed by atoms with van der Waals surface area (Å²) in [5.41, 5.74) is 1.24. The number of carbonyl (C=O) groups excluding carboxylic acids is 1. The fraction of sp³-hybridized carbons (Fsp3) is 0.588. The maximum Gasteiger partial charge on any atom is 0.257 e. The second-order valence-corrected chi connectivity index (χ2v) is 6.03. The number of benzene rings is 1. The minimum atomic E-state index is -0.0584. The van der Waals surface area contributed by atoms with Crippen molar-refractivity contribution in [3.8, 4) is 5.75 Å². The summed E-state index contributed by atoms with van der Waals surface area (Å²) in [6.07, 6.45) is 6.97. The Labute approximate surface area is 136 Å². The third-order valence-electron chi connectivity index (χ3n) is 3.37. The minimum Gasteiger partial charge on any atom is -0.483 e. The van der Waals surface area contributed by atoms with E-state index in [0.717, 1.165) is 23.9 Å². The first-order chi connectivity index (χ1) is 10.2. The summed E-state index contributed by atoms with van der Waals surface area (Å²) < 4.78 is 6.43. The number of nitrogens with one attached hydrogen (secondary N) is 1. The Morgan fingerprint density at radius 1 is 1.19 bits per heavy atom. The Kier molecular flexibility index (Phi) is 9.15. The van der Waals surface area contributed by atoms with Crippen LogP contribution in [0.1, 0.15) is 51.5 Å². The van der Waals surface area contributed by atoms with Crippen molar-refractivity contribution < 1.29 is 9.53 Å². The Bertz CT molecular complexity index is 435. The normalized spacial score (nSPS) is 10.4. The van der Waals surface area contributed by atoms with Crippen molar-refractivity contribution in [3.05, 3.63) is 28.2 Å². The summed E-state index contributed by atoms with van der Waals surface area (Å²) in [4.78, 5) is 11.7. The minimum absolute atomic E-state index is 0.0584. The molecule has 21 heavy (non-hydrogen) atoms. The summed E-state index contributed by atoms with van der Waals surface area (Å²) in [5, 5.41) is 2.89. The van der Waals surface area contributed by atoms with Crippen molar-refractivity contribution in [1.29, 1.82) is 0 Å². The van der Waals surface area contributed by atoms with Gasteiger partial charge in [-0.15, -0.1) is 0 Å². The number of hydrogen-bond acceptors (Lipinski definition) is 2. The quantitative estimate of drug-likeness (QED) is 0.628. The Hall–Kier alpha value is -1.03. The van der Waals surface area contributed by atoms with E-state index in [9.17, 15) is 4.79 Å². The molecule has 0 saturated carbocycles. The number of rotatable bonds is 10. The molecule has 0 saturated heterocycles. The van der Waals surface area contributed by atoms with Crippen LogP contribution in [0.2, 0.25) is 0 Å². The maximum absolute atomic E-state index is 11.7. The highest BCUT2D eigenvalue weighted by molar-refractivity contribution is 9.10. The number of hydrogen-bond donors (Lipinski definition) is 1. The van der Waals surface area contributed by atoms with Crippen LogP contribution >= 0.6 is 15.9 Å². The first kappa shape index (κ1) is 18.0. The van der Waals surface area contributed by atoms with Crippen LogP contribution in [0.3, 0.4) is 0 Å². The fourth-order valence-corrected chi connectivity index (χ4v) is 2.57. The molecule has 0 unspecified atom stereocenters. The second-order valence-electron chi connectivity index (χ2n) is 5.17. The molecule has 0 heterocycles. The van der Waals surface area contributed by atoms with Gasteiger partial charge < -0.3 is 10.1 Å². The van der Waals surface area contributed by atoms with E-state index in [1.54, 1.807) is 0 Å². The van der Waals surface area contributed by atoms with Crippen molar-refractivity contribution in [2.75, 3.05) is 13.2 Å². The summed E-state index contributed by atoms with van der Waals surface area (Å²) in [5.74, 6) is 0.655. The Morgan fingerprint density at radius 3 is 2.62 bits per heavy atom. The van der Waals surface area contributed by atoms with Crippen LogP contribution in [-0.2, 0) is 11.2 Å². The van der Waals surface area contributed by atoms with Gasteiger partial charge in [-0.25, -0.2) is 0 Å². The summed E-state index contributed by atoms with van der Waals surface area (Å²) in [7, 11) is 0. The highest BCUT2D eigenvalue weighted by Gasteiger charge is 2.05. The summed E-state index contributed by atoms with van der Waals surface area (Å²) in [6.45, 7) is 5.11. The van der Waals surface area contributed by atoms with E-state index in [1.807, 2.05) is 18.2 Å². The first-order valence-corrected chi connectivity index (χ1v) is 8.64. The van der Waals surface area contributed by atoms with Crippen LogP contribution in [0.5, 0.6) is 5.75 Å². The number of halogens is 1. The smallest absolute Gasteiger partial charge is 0.257 e. The van der Waals surface area contributed by atoms with Gasteiger partial charge in [0.05, 0.1) is 4.47 Å². The topological polar surface area (TPSA) is 38.3 Å². The average Bonchev–Trinajstić information content (AvgIpc) is 2.49. The van der Waals surface area contributed by atoms with E-state index < -0.39 is 0 Å².